The van der Waals surface area contributed by atoms with Crippen LogP contribution in [0.3, 0.4) is 0 Å². The number of likely N-dealkylation sites (tertiary alicyclic amines) is 1. The molecule has 0 bridgehead atoms. The molecule has 0 radical (unpaired) electrons. The van der Waals surface area contributed by atoms with Crippen molar-refractivity contribution in [2.45, 2.75) is 38.8 Å². The van der Waals surface area contributed by atoms with E-state index in [-0.39, 0.29) is 0 Å². The molecule has 1 aromatic carbocycles. The third kappa shape index (κ3) is 2.95. The number of nitrogens with two attached hydrogens (primary N) is 1. The van der Waals surface area contributed by atoms with Crippen molar-refractivity contribution in [1.29, 1.82) is 0 Å². The molecule has 4 heteroatoms. The second-order valence-corrected chi connectivity index (χ2v) is 5.91. The molecule has 2 heterocycles. The minimum atomic E-state index is 0.629. The van der Waals surface area contributed by atoms with Gasteiger partial charge in [0.25, 0.3) is 0 Å². The van der Waals surface area contributed by atoms with Crippen LogP contribution >= 0.6 is 0 Å². The first kappa shape index (κ1) is 14.1. The summed E-state index contributed by atoms with van der Waals surface area (Å²) >= 11 is 0. The molecule has 112 valence electrons. The quantitative estimate of drug-likeness (QED) is 0.941. The van der Waals surface area contributed by atoms with Gasteiger partial charge in [-0.15, -0.1) is 0 Å². The molecule has 1 aliphatic rings. The fraction of sp³-hybridized carbons (Fsp3) is 0.471. The maximum Gasteiger partial charge on any atom is 0.128 e. The van der Waals surface area contributed by atoms with Gasteiger partial charge < -0.3 is 10.5 Å². The molecule has 0 saturated carbocycles. The van der Waals surface area contributed by atoms with Crippen molar-refractivity contribution >= 4 is 16.7 Å². The number of fused-ring (bicyclic) bond motifs is 1. The van der Waals surface area contributed by atoms with Crippen LogP contribution in [0.4, 0.5) is 5.82 Å². The van der Waals surface area contributed by atoms with E-state index in [1.165, 1.54) is 19.3 Å². The van der Waals surface area contributed by atoms with Crippen molar-refractivity contribution in [2.24, 2.45) is 0 Å². The fourth-order valence-corrected chi connectivity index (χ4v) is 3.07. The summed E-state index contributed by atoms with van der Waals surface area (Å²) in [7, 11) is 1.66. The smallest absolute Gasteiger partial charge is 0.128 e. The van der Waals surface area contributed by atoms with Gasteiger partial charge in [-0.05, 0) is 44.5 Å². The van der Waals surface area contributed by atoms with Crippen LogP contribution in [0.1, 0.15) is 31.7 Å². The average Bonchev–Trinajstić information content (AvgIpc) is 2.49. The van der Waals surface area contributed by atoms with E-state index in [4.69, 9.17) is 10.5 Å². The summed E-state index contributed by atoms with van der Waals surface area (Å²) in [5.41, 5.74) is 8.18. The van der Waals surface area contributed by atoms with Crippen molar-refractivity contribution in [3.8, 4) is 5.75 Å². The van der Waals surface area contributed by atoms with Gasteiger partial charge in [0.1, 0.15) is 11.6 Å². The zero-order valence-corrected chi connectivity index (χ0v) is 12.8. The van der Waals surface area contributed by atoms with E-state index in [1.54, 1.807) is 7.11 Å². The molecule has 4 nitrogen and oxygen atoms in total. The zero-order chi connectivity index (χ0) is 14.8. The fourth-order valence-electron chi connectivity index (χ4n) is 3.07. The number of nitrogens with zero attached hydrogens (tertiary/aromatic N) is 2. The highest BCUT2D eigenvalue weighted by molar-refractivity contribution is 5.82. The topological polar surface area (TPSA) is 51.4 Å². The number of benzene rings is 1. The van der Waals surface area contributed by atoms with Gasteiger partial charge in [-0.3, -0.25) is 4.90 Å². The van der Waals surface area contributed by atoms with Gasteiger partial charge in [-0.2, -0.15) is 0 Å². The number of hydrogen-bond donors (Lipinski definition) is 1. The van der Waals surface area contributed by atoms with Crippen LogP contribution in [0.25, 0.3) is 10.9 Å². The van der Waals surface area contributed by atoms with Gasteiger partial charge in [-0.1, -0.05) is 6.42 Å². The van der Waals surface area contributed by atoms with E-state index in [2.05, 4.69) is 22.9 Å². The predicted molar refractivity (Wildman–Crippen MR) is 86.4 cm³/mol. The third-order valence-electron chi connectivity index (χ3n) is 4.45. The van der Waals surface area contributed by atoms with Crippen LogP contribution < -0.4 is 10.5 Å². The van der Waals surface area contributed by atoms with Gasteiger partial charge in [-0.25, -0.2) is 4.98 Å². The first-order chi connectivity index (χ1) is 10.2. The second kappa shape index (κ2) is 5.90. The van der Waals surface area contributed by atoms with E-state index in [9.17, 15) is 0 Å². The van der Waals surface area contributed by atoms with Crippen LogP contribution in [0, 0.1) is 0 Å². The molecule has 1 saturated heterocycles. The summed E-state index contributed by atoms with van der Waals surface area (Å²) < 4.78 is 5.24. The molecule has 21 heavy (non-hydrogen) atoms. The number of methoxy groups -OCH3 is 1. The molecule has 1 fully saturated rings. The summed E-state index contributed by atoms with van der Waals surface area (Å²) in [5, 5.41) is 1.12. The lowest BCUT2D eigenvalue weighted by molar-refractivity contribution is 0.153. The van der Waals surface area contributed by atoms with Crippen molar-refractivity contribution in [1.82, 2.24) is 9.88 Å². The Balaban J connectivity index is 1.90. The molecule has 0 spiro atoms. The van der Waals surface area contributed by atoms with Crippen molar-refractivity contribution in [3.05, 3.63) is 29.8 Å². The summed E-state index contributed by atoms with van der Waals surface area (Å²) in [4.78, 5) is 7.05. The first-order valence-corrected chi connectivity index (χ1v) is 7.64. The number of hydrogen-bond acceptors (Lipinski definition) is 4. The largest absolute Gasteiger partial charge is 0.497 e. The Hall–Kier alpha value is -1.81. The number of anilines is 1. The summed E-state index contributed by atoms with van der Waals surface area (Å²) in [6.07, 6.45) is 3.89. The van der Waals surface area contributed by atoms with Crippen LogP contribution in [0.2, 0.25) is 0 Å². The summed E-state index contributed by atoms with van der Waals surface area (Å²) in [5.74, 6) is 1.44. The lowest BCUT2D eigenvalue weighted by Gasteiger charge is -2.33. The normalized spacial score (nSPS) is 19.8. The third-order valence-corrected chi connectivity index (χ3v) is 4.45. The standard InChI is InChI=1S/C17H23N3O/c1-12-5-3-4-8-20(12)11-14-9-13-6-7-15(21-2)10-16(13)19-17(14)18/h6-7,9-10,12H,3-5,8,11H2,1-2H3,(H2,18,19). The van der Waals surface area contributed by atoms with Crippen molar-refractivity contribution < 1.29 is 4.74 Å². The monoisotopic (exact) mass is 285 g/mol. The number of piperidine rings is 1. The molecule has 1 unspecified atom stereocenters. The first-order valence-electron chi connectivity index (χ1n) is 7.64. The van der Waals surface area contributed by atoms with Gasteiger partial charge in [0, 0.05) is 29.6 Å². The Kier molecular flexibility index (Phi) is 3.97. The summed E-state index contributed by atoms with van der Waals surface area (Å²) in [6, 6.07) is 8.74. The Morgan fingerprint density at radius 1 is 1.33 bits per heavy atom. The highest BCUT2D eigenvalue weighted by Gasteiger charge is 2.19. The Morgan fingerprint density at radius 3 is 2.95 bits per heavy atom. The SMILES string of the molecule is COc1ccc2cc(CN3CCCCC3C)c(N)nc2c1. The molecular weight excluding hydrogens is 262 g/mol. The highest BCUT2D eigenvalue weighted by Crippen LogP contribution is 2.26. The van der Waals surface area contributed by atoms with E-state index < -0.39 is 0 Å². The zero-order valence-electron chi connectivity index (χ0n) is 12.8. The average molecular weight is 285 g/mol. The van der Waals surface area contributed by atoms with Crippen molar-refractivity contribution in [2.75, 3.05) is 19.4 Å². The van der Waals surface area contributed by atoms with Gasteiger partial charge >= 0.3 is 0 Å². The Morgan fingerprint density at radius 2 is 2.19 bits per heavy atom. The maximum absolute atomic E-state index is 6.16. The number of aromatic nitrogens is 1. The lowest BCUT2D eigenvalue weighted by Crippen LogP contribution is -2.36. The van der Waals surface area contributed by atoms with Gasteiger partial charge in [0.2, 0.25) is 0 Å². The van der Waals surface area contributed by atoms with E-state index in [0.29, 0.717) is 11.9 Å². The Labute approximate surface area is 125 Å². The predicted octanol–water partition coefficient (Wildman–Crippen LogP) is 3.20. The Bertz CT molecular complexity index is 641. The van der Waals surface area contributed by atoms with Crippen molar-refractivity contribution in [3.63, 3.8) is 0 Å². The number of rotatable bonds is 3. The van der Waals surface area contributed by atoms with E-state index >= 15 is 0 Å². The van der Waals surface area contributed by atoms with Crippen LogP contribution in [-0.2, 0) is 6.54 Å². The molecule has 1 aromatic heterocycles. The lowest BCUT2D eigenvalue weighted by atomic mass is 10.0. The van der Waals surface area contributed by atoms with E-state index in [1.807, 2.05) is 18.2 Å². The van der Waals surface area contributed by atoms with E-state index in [0.717, 1.165) is 35.3 Å². The van der Waals surface area contributed by atoms with Gasteiger partial charge in [0.05, 0.1) is 12.6 Å². The molecule has 1 atom stereocenters. The van der Waals surface area contributed by atoms with Crippen LogP contribution in [-0.4, -0.2) is 29.6 Å². The second-order valence-electron chi connectivity index (χ2n) is 5.91. The molecule has 2 N–H and O–H groups in total. The molecule has 1 aliphatic heterocycles. The molecule has 3 rings (SSSR count). The molecule has 0 aliphatic carbocycles. The highest BCUT2D eigenvalue weighted by atomic mass is 16.5. The summed E-state index contributed by atoms with van der Waals surface area (Å²) in [6.45, 7) is 4.35. The van der Waals surface area contributed by atoms with Crippen LogP contribution in [0.15, 0.2) is 24.3 Å². The molecular formula is C17H23N3O. The molecule has 2 aromatic rings. The minimum Gasteiger partial charge on any atom is -0.497 e. The number of ether oxygens (including phenoxy) is 1. The molecule has 0 amide bonds. The minimum absolute atomic E-state index is 0.629. The number of nitrogen functional groups attached to an aromatic ring is 1. The maximum atomic E-state index is 6.16. The number of pyridine rings is 1. The van der Waals surface area contributed by atoms with Crippen LogP contribution in [0.5, 0.6) is 5.75 Å². The van der Waals surface area contributed by atoms with Gasteiger partial charge in [0.15, 0.2) is 0 Å².